The van der Waals surface area contributed by atoms with Crippen molar-refractivity contribution in [2.75, 3.05) is 11.9 Å². The average Bonchev–Trinajstić information content (AvgIpc) is 2.37. The minimum atomic E-state index is -0.824. The van der Waals surface area contributed by atoms with Crippen LogP contribution in [0.3, 0.4) is 0 Å². The molecule has 1 amide bonds. The first kappa shape index (κ1) is 14.0. The SMILES string of the molecule is CC(C)C(C)(C#N)NC(=O)CNc1ccccc1. The lowest BCUT2D eigenvalue weighted by atomic mass is 9.90. The molecule has 0 aliphatic rings. The smallest absolute Gasteiger partial charge is 0.240 e. The predicted molar refractivity (Wildman–Crippen MR) is 71.9 cm³/mol. The molecule has 0 aliphatic heterocycles. The van der Waals surface area contributed by atoms with E-state index in [9.17, 15) is 4.79 Å². The first-order valence-electron chi connectivity index (χ1n) is 5.99. The molecular weight excluding hydrogens is 226 g/mol. The van der Waals surface area contributed by atoms with Crippen LogP contribution < -0.4 is 10.6 Å². The van der Waals surface area contributed by atoms with Crippen molar-refractivity contribution < 1.29 is 4.79 Å². The number of carbonyl (C=O) groups excluding carboxylic acids is 1. The minimum Gasteiger partial charge on any atom is -0.376 e. The van der Waals surface area contributed by atoms with Crippen LogP contribution in [-0.2, 0) is 4.79 Å². The molecule has 1 atom stereocenters. The number of para-hydroxylation sites is 1. The molecule has 4 heteroatoms. The number of amides is 1. The van der Waals surface area contributed by atoms with E-state index in [-0.39, 0.29) is 18.4 Å². The van der Waals surface area contributed by atoms with Crippen LogP contribution in [0.2, 0.25) is 0 Å². The Morgan fingerprint density at radius 3 is 2.50 bits per heavy atom. The van der Waals surface area contributed by atoms with Gasteiger partial charge >= 0.3 is 0 Å². The van der Waals surface area contributed by atoms with Gasteiger partial charge in [-0.1, -0.05) is 32.0 Å². The van der Waals surface area contributed by atoms with Crippen molar-refractivity contribution >= 4 is 11.6 Å². The van der Waals surface area contributed by atoms with Crippen molar-refractivity contribution in [3.05, 3.63) is 30.3 Å². The second-order valence-electron chi connectivity index (χ2n) is 4.74. The fraction of sp³-hybridized carbons (Fsp3) is 0.429. The van der Waals surface area contributed by atoms with Gasteiger partial charge in [0.05, 0.1) is 12.6 Å². The van der Waals surface area contributed by atoms with Gasteiger partial charge in [-0.25, -0.2) is 0 Å². The first-order chi connectivity index (χ1) is 8.48. The molecule has 0 aliphatic carbocycles. The van der Waals surface area contributed by atoms with Crippen LogP contribution in [0, 0.1) is 17.2 Å². The summed E-state index contributed by atoms with van der Waals surface area (Å²) in [5.41, 5.74) is 0.0611. The van der Waals surface area contributed by atoms with E-state index in [0.29, 0.717) is 0 Å². The predicted octanol–water partition coefficient (Wildman–Crippen LogP) is 2.15. The third-order valence-corrected chi connectivity index (χ3v) is 3.01. The van der Waals surface area contributed by atoms with E-state index >= 15 is 0 Å². The zero-order valence-electron chi connectivity index (χ0n) is 11.0. The van der Waals surface area contributed by atoms with Crippen LogP contribution >= 0.6 is 0 Å². The Morgan fingerprint density at radius 1 is 1.39 bits per heavy atom. The van der Waals surface area contributed by atoms with Gasteiger partial charge in [-0.2, -0.15) is 5.26 Å². The lowest BCUT2D eigenvalue weighted by molar-refractivity contribution is -0.121. The molecule has 0 heterocycles. The monoisotopic (exact) mass is 245 g/mol. The minimum absolute atomic E-state index is 0.0585. The highest BCUT2D eigenvalue weighted by atomic mass is 16.2. The summed E-state index contributed by atoms with van der Waals surface area (Å²) in [4.78, 5) is 11.8. The number of nitrogens with one attached hydrogen (secondary N) is 2. The van der Waals surface area contributed by atoms with Crippen LogP contribution in [0.1, 0.15) is 20.8 Å². The highest BCUT2D eigenvalue weighted by molar-refractivity contribution is 5.81. The number of benzene rings is 1. The number of nitriles is 1. The Balaban J connectivity index is 2.50. The van der Waals surface area contributed by atoms with Gasteiger partial charge in [0.2, 0.25) is 5.91 Å². The average molecular weight is 245 g/mol. The molecule has 18 heavy (non-hydrogen) atoms. The summed E-state index contributed by atoms with van der Waals surface area (Å²) in [5.74, 6) is -0.125. The first-order valence-corrected chi connectivity index (χ1v) is 5.99. The molecule has 96 valence electrons. The molecule has 1 unspecified atom stereocenters. The molecule has 0 fully saturated rings. The molecule has 0 aromatic heterocycles. The summed E-state index contributed by atoms with van der Waals surface area (Å²) in [6.07, 6.45) is 0. The van der Waals surface area contributed by atoms with Crippen LogP contribution in [0.5, 0.6) is 0 Å². The van der Waals surface area contributed by atoms with Crippen molar-refractivity contribution in [2.24, 2.45) is 5.92 Å². The van der Waals surface area contributed by atoms with Crippen molar-refractivity contribution in [1.82, 2.24) is 5.32 Å². The van der Waals surface area contributed by atoms with Crippen molar-refractivity contribution in [1.29, 1.82) is 5.26 Å². The lowest BCUT2D eigenvalue weighted by Gasteiger charge is -2.27. The van der Waals surface area contributed by atoms with E-state index < -0.39 is 5.54 Å². The lowest BCUT2D eigenvalue weighted by Crippen LogP contribution is -2.50. The standard InChI is InChI=1S/C14H19N3O/c1-11(2)14(3,10-15)17-13(18)9-16-12-7-5-4-6-8-12/h4-8,11,16H,9H2,1-3H3,(H,17,18). The summed E-state index contributed by atoms with van der Waals surface area (Å²) >= 11 is 0. The quantitative estimate of drug-likeness (QED) is 0.835. The zero-order chi connectivity index (χ0) is 13.6. The normalized spacial score (nSPS) is 13.5. The van der Waals surface area contributed by atoms with Gasteiger partial charge in [0.15, 0.2) is 0 Å². The Bertz CT molecular complexity index is 436. The van der Waals surface area contributed by atoms with E-state index in [1.54, 1.807) is 6.92 Å². The molecule has 1 aromatic carbocycles. The maximum Gasteiger partial charge on any atom is 0.240 e. The fourth-order valence-corrected chi connectivity index (χ4v) is 1.37. The summed E-state index contributed by atoms with van der Waals surface area (Å²) < 4.78 is 0. The Morgan fingerprint density at radius 2 is 2.00 bits per heavy atom. The van der Waals surface area contributed by atoms with Gasteiger partial charge in [0.25, 0.3) is 0 Å². The summed E-state index contributed by atoms with van der Waals surface area (Å²) in [6.45, 7) is 5.72. The van der Waals surface area contributed by atoms with Gasteiger partial charge in [-0.3, -0.25) is 4.79 Å². The molecule has 0 bridgehead atoms. The van der Waals surface area contributed by atoms with E-state index in [1.807, 2.05) is 44.2 Å². The fourth-order valence-electron chi connectivity index (χ4n) is 1.37. The van der Waals surface area contributed by atoms with Crippen LogP contribution in [0.15, 0.2) is 30.3 Å². The molecule has 1 rings (SSSR count). The van der Waals surface area contributed by atoms with E-state index in [4.69, 9.17) is 5.26 Å². The molecule has 0 saturated heterocycles. The molecule has 0 radical (unpaired) electrons. The summed E-state index contributed by atoms with van der Waals surface area (Å²) in [6, 6.07) is 11.6. The molecule has 4 nitrogen and oxygen atoms in total. The number of hydrogen-bond acceptors (Lipinski definition) is 3. The van der Waals surface area contributed by atoms with Gasteiger partial charge in [-0.15, -0.1) is 0 Å². The van der Waals surface area contributed by atoms with Crippen LogP contribution in [0.4, 0.5) is 5.69 Å². The highest BCUT2D eigenvalue weighted by Crippen LogP contribution is 2.14. The van der Waals surface area contributed by atoms with Crippen LogP contribution in [0.25, 0.3) is 0 Å². The molecule has 0 saturated carbocycles. The molecule has 0 spiro atoms. The third kappa shape index (κ3) is 3.77. The molecule has 1 aromatic rings. The molecular formula is C14H19N3O. The maximum atomic E-state index is 11.8. The van der Waals surface area contributed by atoms with E-state index in [2.05, 4.69) is 16.7 Å². The third-order valence-electron chi connectivity index (χ3n) is 3.01. The number of rotatable bonds is 5. The number of nitrogens with zero attached hydrogens (tertiary/aromatic N) is 1. The number of carbonyl (C=O) groups is 1. The summed E-state index contributed by atoms with van der Waals surface area (Å²) in [7, 11) is 0. The van der Waals surface area contributed by atoms with Gasteiger partial charge in [0.1, 0.15) is 5.54 Å². The second kappa shape index (κ2) is 6.06. The van der Waals surface area contributed by atoms with Gasteiger partial charge in [-0.05, 0) is 25.0 Å². The number of hydrogen-bond donors (Lipinski definition) is 2. The zero-order valence-corrected chi connectivity index (χ0v) is 11.0. The van der Waals surface area contributed by atoms with Crippen molar-refractivity contribution in [2.45, 2.75) is 26.3 Å². The van der Waals surface area contributed by atoms with E-state index in [0.717, 1.165) is 5.69 Å². The topological polar surface area (TPSA) is 64.9 Å². The van der Waals surface area contributed by atoms with Crippen molar-refractivity contribution in [3.8, 4) is 6.07 Å². The van der Waals surface area contributed by atoms with E-state index in [1.165, 1.54) is 0 Å². The number of anilines is 1. The second-order valence-corrected chi connectivity index (χ2v) is 4.74. The largest absolute Gasteiger partial charge is 0.376 e. The van der Waals surface area contributed by atoms with Crippen molar-refractivity contribution in [3.63, 3.8) is 0 Å². The molecule has 2 N–H and O–H groups in total. The maximum absolute atomic E-state index is 11.8. The van der Waals surface area contributed by atoms with Crippen LogP contribution in [-0.4, -0.2) is 18.0 Å². The Hall–Kier alpha value is -2.02. The highest BCUT2D eigenvalue weighted by Gasteiger charge is 2.29. The Kier molecular flexibility index (Phi) is 4.73. The summed E-state index contributed by atoms with van der Waals surface area (Å²) in [5, 5.41) is 14.9. The van der Waals surface area contributed by atoms with Gasteiger partial charge in [0, 0.05) is 5.69 Å². The van der Waals surface area contributed by atoms with Gasteiger partial charge < -0.3 is 10.6 Å². The Labute approximate surface area is 108 Å².